The monoisotopic (exact) mass is 332 g/mol. The molecular weight excluding hydrogens is 312 g/mol. The molecule has 0 saturated heterocycles. The Morgan fingerprint density at radius 1 is 0.650 bits per heavy atom. The molecule has 0 aromatic carbocycles. The third-order valence-corrected chi connectivity index (χ3v) is 0.167. The Balaban J connectivity index is -0.0000000150. The van der Waals surface area contributed by atoms with E-state index in [0.29, 0.717) is 13.1 Å². The first-order valence-corrected chi connectivity index (χ1v) is 4.10. The Kier molecular flexibility index (Phi) is 123. The summed E-state index contributed by atoms with van der Waals surface area (Å²) in [6.45, 7) is 4.44. The van der Waals surface area contributed by atoms with Gasteiger partial charge in [-0.1, -0.05) is 0 Å². The third-order valence-electron chi connectivity index (χ3n) is 0.167. The van der Waals surface area contributed by atoms with Gasteiger partial charge < -0.3 is 26.8 Å². The topological polar surface area (TPSA) is 164 Å². The first kappa shape index (κ1) is 49.5. The molecule has 0 heterocycles. The van der Waals surface area contributed by atoms with Gasteiger partial charge in [-0.15, -0.1) is 0 Å². The molecule has 0 atom stereocenters. The Morgan fingerprint density at radius 2 is 0.700 bits per heavy atom. The van der Waals surface area contributed by atoms with Crippen molar-refractivity contribution < 1.29 is 29.7 Å². The van der Waals surface area contributed by atoms with Crippen molar-refractivity contribution in [1.29, 1.82) is 0 Å². The van der Waals surface area contributed by atoms with Gasteiger partial charge in [0.2, 0.25) is 0 Å². The molecule has 102 valence electrons. The van der Waals surface area contributed by atoms with Crippen LogP contribution >= 0.6 is 0 Å². The zero-order valence-corrected chi connectivity index (χ0v) is 21.6. The molecule has 7 N–H and O–H groups in total. The molecular formula is C8H20N2Na4O6. The van der Waals surface area contributed by atoms with Crippen molar-refractivity contribution >= 4 is 136 Å². The number of hydrogen-bond acceptors (Lipinski definition) is 5. The van der Waals surface area contributed by atoms with Crippen LogP contribution in [0.4, 0.5) is 0 Å². The second-order valence-corrected chi connectivity index (χ2v) is 2.13. The molecule has 0 saturated carbocycles. The smallest absolute Gasteiger partial charge is 0.300 e. The first-order valence-electron chi connectivity index (χ1n) is 4.10. The number of carboxylic acids is 3. The molecule has 0 fully saturated rings. The summed E-state index contributed by atoms with van der Waals surface area (Å²) < 4.78 is 0. The van der Waals surface area contributed by atoms with Crippen molar-refractivity contribution in [3.05, 3.63) is 0 Å². The van der Waals surface area contributed by atoms with E-state index >= 15 is 0 Å². The van der Waals surface area contributed by atoms with Crippen molar-refractivity contribution in [2.45, 2.75) is 20.8 Å². The average molecular weight is 332 g/mol. The fourth-order valence-electron chi connectivity index (χ4n) is 0. The number of carboxylic acid groups (broad SMARTS) is 3. The Labute approximate surface area is 208 Å². The predicted molar refractivity (Wildman–Crippen MR) is 81.1 cm³/mol. The van der Waals surface area contributed by atoms with Crippen LogP contribution in [0.3, 0.4) is 0 Å². The van der Waals surface area contributed by atoms with Crippen molar-refractivity contribution in [2.24, 2.45) is 11.5 Å². The van der Waals surface area contributed by atoms with E-state index in [0.717, 1.165) is 20.8 Å². The molecule has 8 nitrogen and oxygen atoms in total. The van der Waals surface area contributed by atoms with Crippen molar-refractivity contribution in [1.82, 2.24) is 0 Å². The van der Waals surface area contributed by atoms with E-state index in [1.54, 1.807) is 0 Å². The van der Waals surface area contributed by atoms with Crippen molar-refractivity contribution in [2.75, 3.05) is 13.1 Å². The van der Waals surface area contributed by atoms with Gasteiger partial charge in [0.15, 0.2) is 0 Å². The summed E-state index contributed by atoms with van der Waals surface area (Å²) in [5.74, 6) is -2.50. The summed E-state index contributed by atoms with van der Waals surface area (Å²) >= 11 is 0. The number of nitrogens with two attached hydrogens (primary N) is 2. The van der Waals surface area contributed by atoms with E-state index in [-0.39, 0.29) is 118 Å². The van der Waals surface area contributed by atoms with E-state index in [1.165, 1.54) is 0 Å². The second-order valence-electron chi connectivity index (χ2n) is 2.13. The average Bonchev–Trinajstić information content (AvgIpc) is 2.00. The SMILES string of the molecule is CC(=O)O.CC(=O)O.CC(=O)O.NCCN.[Na].[Na].[Na].[Na]. The predicted octanol–water partition coefficient (Wildman–Crippen LogP) is -2.35. The minimum atomic E-state index is -0.833. The molecule has 0 unspecified atom stereocenters. The molecule has 0 aliphatic heterocycles. The molecule has 0 amide bonds. The molecule has 4 radical (unpaired) electrons. The van der Waals surface area contributed by atoms with Crippen LogP contribution in [0, 0.1) is 0 Å². The van der Waals surface area contributed by atoms with Gasteiger partial charge in [0.1, 0.15) is 0 Å². The Hall–Kier alpha value is 2.33. The van der Waals surface area contributed by atoms with Gasteiger partial charge in [0, 0.05) is 152 Å². The standard InChI is InChI=1S/C2H8N2.3C2H4O2.4Na/c3-1-2-4;3*1-2(3)4;;;;/h1-4H2;3*1H3,(H,3,4);;;;. The second kappa shape index (κ2) is 49.6. The van der Waals surface area contributed by atoms with Gasteiger partial charge in [-0.05, 0) is 0 Å². The van der Waals surface area contributed by atoms with Crippen molar-refractivity contribution in [3.8, 4) is 0 Å². The van der Waals surface area contributed by atoms with Crippen LogP contribution in [-0.2, 0) is 14.4 Å². The van der Waals surface area contributed by atoms with Crippen LogP contribution in [0.15, 0.2) is 0 Å². The fraction of sp³-hybridized carbons (Fsp3) is 0.625. The zero-order chi connectivity index (χ0) is 14.1. The molecule has 0 aromatic rings. The molecule has 12 heteroatoms. The summed E-state index contributed by atoms with van der Waals surface area (Å²) in [6.07, 6.45) is 0. The normalized spacial score (nSPS) is 5.25. The molecule has 0 aliphatic carbocycles. The van der Waals surface area contributed by atoms with Crippen LogP contribution in [0.5, 0.6) is 0 Å². The van der Waals surface area contributed by atoms with Gasteiger partial charge >= 0.3 is 0 Å². The van der Waals surface area contributed by atoms with E-state index in [1.807, 2.05) is 0 Å². The van der Waals surface area contributed by atoms with Crippen LogP contribution in [0.1, 0.15) is 20.8 Å². The van der Waals surface area contributed by atoms with Gasteiger partial charge in [-0.3, -0.25) is 14.4 Å². The molecule has 0 spiro atoms. The molecule has 0 aromatic heterocycles. The summed E-state index contributed by atoms with van der Waals surface area (Å²) in [7, 11) is 0. The molecule has 0 aliphatic rings. The van der Waals surface area contributed by atoms with Gasteiger partial charge in [-0.25, -0.2) is 0 Å². The van der Waals surface area contributed by atoms with Crippen LogP contribution < -0.4 is 11.5 Å². The number of rotatable bonds is 1. The van der Waals surface area contributed by atoms with E-state index in [9.17, 15) is 0 Å². The fourth-order valence-corrected chi connectivity index (χ4v) is 0. The summed E-state index contributed by atoms with van der Waals surface area (Å²) in [5.41, 5.74) is 9.81. The maximum atomic E-state index is 9.00. The quantitative estimate of drug-likeness (QED) is 0.333. The van der Waals surface area contributed by atoms with E-state index in [2.05, 4.69) is 0 Å². The van der Waals surface area contributed by atoms with Gasteiger partial charge in [-0.2, -0.15) is 0 Å². The van der Waals surface area contributed by atoms with Gasteiger partial charge in [0.05, 0.1) is 0 Å². The Bertz CT molecular complexity index is 155. The van der Waals surface area contributed by atoms with Crippen molar-refractivity contribution in [3.63, 3.8) is 0 Å². The minimum absolute atomic E-state index is 0. The molecule has 20 heavy (non-hydrogen) atoms. The molecule has 0 rings (SSSR count). The number of carbonyl (C=O) groups is 3. The molecule has 0 bridgehead atoms. The summed E-state index contributed by atoms with van der Waals surface area (Å²) in [5, 5.41) is 22.2. The van der Waals surface area contributed by atoms with Gasteiger partial charge in [0.25, 0.3) is 17.9 Å². The number of hydrogen-bond donors (Lipinski definition) is 5. The summed E-state index contributed by atoms with van der Waals surface area (Å²) in [4.78, 5) is 27.0. The zero-order valence-electron chi connectivity index (χ0n) is 13.6. The Morgan fingerprint density at radius 3 is 0.700 bits per heavy atom. The maximum absolute atomic E-state index is 9.00. The van der Waals surface area contributed by atoms with Crippen LogP contribution in [-0.4, -0.2) is 165 Å². The van der Waals surface area contributed by atoms with Crippen LogP contribution in [0.25, 0.3) is 0 Å². The third kappa shape index (κ3) is 685. The van der Waals surface area contributed by atoms with Crippen LogP contribution in [0.2, 0.25) is 0 Å². The largest absolute Gasteiger partial charge is 0.481 e. The van der Waals surface area contributed by atoms with E-state index < -0.39 is 17.9 Å². The first-order chi connectivity index (χ1) is 7.11. The maximum Gasteiger partial charge on any atom is 0.300 e. The van der Waals surface area contributed by atoms with E-state index in [4.69, 9.17) is 41.2 Å². The summed E-state index contributed by atoms with van der Waals surface area (Å²) in [6, 6.07) is 0. The number of aliphatic carboxylic acids is 3. The minimum Gasteiger partial charge on any atom is -0.481 e.